The number of benzene rings is 2. The van der Waals surface area contributed by atoms with Crippen LogP contribution in [0.4, 0.5) is 5.69 Å². The molecule has 2 aromatic carbocycles. The molecule has 26 heavy (non-hydrogen) atoms. The molecule has 0 aliphatic rings. The lowest BCUT2D eigenvalue weighted by molar-refractivity contribution is -0.141. The van der Waals surface area contributed by atoms with Crippen LogP contribution in [0.25, 0.3) is 0 Å². The average Bonchev–Trinajstić information content (AvgIpc) is 2.66. The Morgan fingerprint density at radius 2 is 1.42 bits per heavy atom. The van der Waals surface area contributed by atoms with Crippen LogP contribution in [0.5, 0.6) is 0 Å². The predicted octanol–water partition coefficient (Wildman–Crippen LogP) is 0.676. The number of carboxylic acids is 2. The quantitative estimate of drug-likeness (QED) is 0.420. The first-order chi connectivity index (χ1) is 12.4. The Kier molecular flexibility index (Phi) is 8.79. The van der Waals surface area contributed by atoms with Crippen molar-refractivity contribution in [2.24, 2.45) is 5.73 Å². The fourth-order valence-corrected chi connectivity index (χ4v) is 1.91. The van der Waals surface area contributed by atoms with Crippen molar-refractivity contribution in [3.63, 3.8) is 0 Å². The molecule has 0 aliphatic heterocycles. The van der Waals surface area contributed by atoms with Crippen molar-refractivity contribution >= 4 is 17.6 Å². The Bertz CT molecular complexity index is 669. The summed E-state index contributed by atoms with van der Waals surface area (Å²) in [7, 11) is 0. The summed E-state index contributed by atoms with van der Waals surface area (Å²) in [4.78, 5) is 20.9. The van der Waals surface area contributed by atoms with E-state index in [9.17, 15) is 14.7 Å². The number of nitrogens with one attached hydrogen (secondary N) is 1. The molecule has 0 aromatic heterocycles. The number of para-hydroxylation sites is 1. The standard InChI is InChI=1S/2C9H11NO3/c11-6-8(9(12)13)10-7-4-2-1-3-5-7;10-7(9(12)13)8(11)6-4-2-1-3-5-6/h1-5,8,10-11H,6H2,(H,12,13);1-5,7-8,11H,10H2,(H,12,13)/t8-;/m0./s1. The van der Waals surface area contributed by atoms with E-state index >= 15 is 0 Å². The lowest BCUT2D eigenvalue weighted by atomic mass is 10.0. The van der Waals surface area contributed by atoms with E-state index in [1.165, 1.54) is 0 Å². The van der Waals surface area contributed by atoms with E-state index in [1.807, 2.05) is 6.07 Å². The van der Waals surface area contributed by atoms with Gasteiger partial charge in [-0.15, -0.1) is 0 Å². The molecule has 0 aliphatic carbocycles. The number of nitrogens with two attached hydrogens (primary N) is 1. The van der Waals surface area contributed by atoms with Crippen LogP contribution in [-0.4, -0.2) is 51.1 Å². The summed E-state index contributed by atoms with van der Waals surface area (Å²) in [6.45, 7) is -0.426. The van der Waals surface area contributed by atoms with E-state index in [2.05, 4.69) is 5.32 Å². The number of carbonyl (C=O) groups is 2. The second-order valence-electron chi connectivity index (χ2n) is 5.30. The zero-order valence-corrected chi connectivity index (χ0v) is 13.9. The van der Waals surface area contributed by atoms with E-state index in [1.54, 1.807) is 54.6 Å². The SMILES string of the molecule is NC(C(=O)O)C(O)c1ccccc1.O=C(O)[C@H](CO)Nc1ccccc1. The topological polar surface area (TPSA) is 153 Å². The first kappa shape index (κ1) is 21.1. The van der Waals surface area contributed by atoms with Gasteiger partial charge in [0.2, 0.25) is 0 Å². The highest BCUT2D eigenvalue weighted by molar-refractivity contribution is 5.77. The maximum Gasteiger partial charge on any atom is 0.328 e. The number of rotatable bonds is 7. The van der Waals surface area contributed by atoms with E-state index in [4.69, 9.17) is 21.1 Å². The second kappa shape index (κ2) is 10.8. The van der Waals surface area contributed by atoms with Crippen molar-refractivity contribution in [1.29, 1.82) is 0 Å². The third-order valence-corrected chi connectivity index (χ3v) is 3.36. The maximum atomic E-state index is 10.5. The fraction of sp³-hybridized carbons (Fsp3) is 0.222. The minimum Gasteiger partial charge on any atom is -0.480 e. The van der Waals surface area contributed by atoms with Crippen LogP contribution in [0, 0.1) is 0 Å². The zero-order chi connectivity index (χ0) is 19.5. The van der Waals surface area contributed by atoms with Crippen molar-refractivity contribution < 1.29 is 30.0 Å². The summed E-state index contributed by atoms with van der Waals surface area (Å²) in [5.74, 6) is -2.28. The lowest BCUT2D eigenvalue weighted by Gasteiger charge is -2.14. The van der Waals surface area contributed by atoms with Crippen molar-refractivity contribution in [3.8, 4) is 0 Å². The molecule has 8 nitrogen and oxygen atoms in total. The average molecular weight is 362 g/mol. The molecule has 140 valence electrons. The van der Waals surface area contributed by atoms with Gasteiger partial charge in [0, 0.05) is 5.69 Å². The highest BCUT2D eigenvalue weighted by Gasteiger charge is 2.22. The smallest absolute Gasteiger partial charge is 0.328 e. The Balaban J connectivity index is 0.000000260. The molecule has 0 heterocycles. The van der Waals surface area contributed by atoms with Crippen LogP contribution in [0.15, 0.2) is 60.7 Å². The van der Waals surface area contributed by atoms with Gasteiger partial charge in [-0.3, -0.25) is 4.79 Å². The molecule has 0 radical (unpaired) electrons. The molecular formula is C18H22N2O6. The largest absolute Gasteiger partial charge is 0.480 e. The molecule has 7 N–H and O–H groups in total. The number of aliphatic hydroxyl groups is 2. The van der Waals surface area contributed by atoms with Crippen molar-refractivity contribution in [3.05, 3.63) is 66.2 Å². The summed E-state index contributed by atoms with van der Waals surface area (Å²) < 4.78 is 0. The fourth-order valence-electron chi connectivity index (χ4n) is 1.91. The van der Waals surface area contributed by atoms with Gasteiger partial charge in [-0.25, -0.2) is 4.79 Å². The number of carboxylic acid groups (broad SMARTS) is 2. The molecule has 2 unspecified atom stereocenters. The molecule has 3 atom stereocenters. The highest BCUT2D eigenvalue weighted by Crippen LogP contribution is 2.14. The van der Waals surface area contributed by atoms with Crippen LogP contribution < -0.4 is 11.1 Å². The Morgan fingerprint density at radius 1 is 0.923 bits per heavy atom. The molecule has 2 rings (SSSR count). The monoisotopic (exact) mass is 362 g/mol. The Morgan fingerprint density at radius 3 is 1.85 bits per heavy atom. The summed E-state index contributed by atoms with van der Waals surface area (Å²) in [6.07, 6.45) is -1.15. The minimum atomic E-state index is -1.28. The number of aliphatic hydroxyl groups excluding tert-OH is 2. The first-order valence-corrected chi connectivity index (χ1v) is 7.73. The van der Waals surface area contributed by atoms with E-state index in [-0.39, 0.29) is 0 Å². The number of aliphatic carboxylic acids is 2. The molecule has 2 aromatic rings. The van der Waals surface area contributed by atoms with Gasteiger partial charge < -0.3 is 31.5 Å². The first-order valence-electron chi connectivity index (χ1n) is 7.73. The molecule has 0 amide bonds. The number of hydrogen-bond acceptors (Lipinski definition) is 6. The highest BCUT2D eigenvalue weighted by atomic mass is 16.4. The number of hydrogen-bond donors (Lipinski definition) is 6. The van der Waals surface area contributed by atoms with Gasteiger partial charge >= 0.3 is 11.9 Å². The molecule has 0 fully saturated rings. The Hall–Kier alpha value is -2.94. The van der Waals surface area contributed by atoms with E-state index in [0.29, 0.717) is 11.3 Å². The molecule has 8 heteroatoms. The van der Waals surface area contributed by atoms with E-state index < -0.39 is 36.7 Å². The minimum absolute atomic E-state index is 0.426. The van der Waals surface area contributed by atoms with Crippen LogP contribution in [0.1, 0.15) is 11.7 Å². The third-order valence-electron chi connectivity index (χ3n) is 3.36. The Labute approximate surface area is 150 Å². The summed E-state index contributed by atoms with van der Waals surface area (Å²) in [5, 5.41) is 38.0. The molecular weight excluding hydrogens is 340 g/mol. The van der Waals surface area contributed by atoms with Gasteiger partial charge in [0.1, 0.15) is 18.2 Å². The van der Waals surface area contributed by atoms with Crippen molar-refractivity contribution in [2.75, 3.05) is 11.9 Å². The van der Waals surface area contributed by atoms with Gasteiger partial charge in [0.05, 0.1) is 6.61 Å². The molecule has 0 saturated carbocycles. The molecule has 0 spiro atoms. The van der Waals surface area contributed by atoms with Crippen molar-refractivity contribution in [2.45, 2.75) is 18.2 Å². The lowest BCUT2D eigenvalue weighted by Crippen LogP contribution is -2.36. The van der Waals surface area contributed by atoms with Crippen LogP contribution in [-0.2, 0) is 9.59 Å². The van der Waals surface area contributed by atoms with Gasteiger partial charge in [-0.2, -0.15) is 0 Å². The van der Waals surface area contributed by atoms with Crippen LogP contribution >= 0.6 is 0 Å². The van der Waals surface area contributed by atoms with Gasteiger partial charge in [-0.1, -0.05) is 48.5 Å². The van der Waals surface area contributed by atoms with Crippen LogP contribution in [0.2, 0.25) is 0 Å². The summed E-state index contributed by atoms with van der Waals surface area (Å²) in [6, 6.07) is 15.2. The summed E-state index contributed by atoms with van der Waals surface area (Å²) >= 11 is 0. The molecule has 0 saturated heterocycles. The van der Waals surface area contributed by atoms with Gasteiger partial charge in [0.25, 0.3) is 0 Å². The second-order valence-corrected chi connectivity index (χ2v) is 5.30. The summed E-state index contributed by atoms with van der Waals surface area (Å²) in [5.41, 5.74) is 6.44. The third kappa shape index (κ3) is 6.89. The maximum absolute atomic E-state index is 10.5. The normalized spacial score (nSPS) is 13.5. The van der Waals surface area contributed by atoms with Gasteiger partial charge in [-0.05, 0) is 17.7 Å². The predicted molar refractivity (Wildman–Crippen MR) is 95.6 cm³/mol. The number of anilines is 1. The molecule has 0 bridgehead atoms. The van der Waals surface area contributed by atoms with Gasteiger partial charge in [0.15, 0.2) is 0 Å². The van der Waals surface area contributed by atoms with E-state index in [0.717, 1.165) is 0 Å². The zero-order valence-electron chi connectivity index (χ0n) is 13.9. The van der Waals surface area contributed by atoms with Crippen molar-refractivity contribution in [1.82, 2.24) is 0 Å². The van der Waals surface area contributed by atoms with Crippen LogP contribution in [0.3, 0.4) is 0 Å².